The number of nitrogens with zero attached hydrogens (tertiary/aromatic N) is 2. The SMILES string of the molecule is COc1cccc(NC(=O)COC(=O)/C=C/c2cnn(Cc3ccccc3)c2)c1. The standard InChI is InChI=1S/C22H21N3O4/c1-28-20-9-5-8-19(12-20)24-21(26)16-29-22(27)11-10-18-13-23-25(15-18)14-17-6-3-2-4-7-17/h2-13,15H,14,16H2,1H3,(H,24,26)/b11-10+. The van der Waals surface area contributed by atoms with Gasteiger partial charge < -0.3 is 14.8 Å². The Morgan fingerprint density at radius 1 is 1.14 bits per heavy atom. The van der Waals surface area contributed by atoms with Gasteiger partial charge >= 0.3 is 5.97 Å². The van der Waals surface area contributed by atoms with Gasteiger partial charge in [0.15, 0.2) is 6.61 Å². The molecule has 7 nitrogen and oxygen atoms in total. The molecule has 0 unspecified atom stereocenters. The van der Waals surface area contributed by atoms with Crippen LogP contribution >= 0.6 is 0 Å². The van der Waals surface area contributed by atoms with E-state index < -0.39 is 11.9 Å². The van der Waals surface area contributed by atoms with Crippen molar-refractivity contribution in [2.24, 2.45) is 0 Å². The average Bonchev–Trinajstić information content (AvgIpc) is 3.19. The lowest BCUT2D eigenvalue weighted by Gasteiger charge is -2.06. The number of carbonyl (C=O) groups excluding carboxylic acids is 2. The fraction of sp³-hybridized carbons (Fsp3) is 0.136. The molecule has 1 amide bonds. The first kappa shape index (κ1) is 19.9. The van der Waals surface area contributed by atoms with Gasteiger partial charge in [0.1, 0.15) is 5.75 Å². The highest BCUT2D eigenvalue weighted by atomic mass is 16.5. The van der Waals surface area contributed by atoms with Crippen LogP contribution in [0.5, 0.6) is 5.75 Å². The molecule has 0 saturated carbocycles. The summed E-state index contributed by atoms with van der Waals surface area (Å²) in [6, 6.07) is 16.9. The minimum atomic E-state index is -0.610. The van der Waals surface area contributed by atoms with Gasteiger partial charge in [-0.2, -0.15) is 5.10 Å². The van der Waals surface area contributed by atoms with Crippen molar-refractivity contribution in [1.29, 1.82) is 0 Å². The quantitative estimate of drug-likeness (QED) is 0.471. The first-order valence-corrected chi connectivity index (χ1v) is 8.97. The van der Waals surface area contributed by atoms with E-state index in [1.807, 2.05) is 36.5 Å². The van der Waals surface area contributed by atoms with Crippen molar-refractivity contribution in [2.45, 2.75) is 6.54 Å². The van der Waals surface area contributed by atoms with Gasteiger partial charge in [-0.3, -0.25) is 9.48 Å². The Bertz CT molecular complexity index is 996. The second-order valence-electron chi connectivity index (χ2n) is 6.18. The van der Waals surface area contributed by atoms with Crippen molar-refractivity contribution < 1.29 is 19.1 Å². The fourth-order valence-corrected chi connectivity index (χ4v) is 2.57. The molecule has 0 aliphatic rings. The molecule has 3 rings (SSSR count). The van der Waals surface area contributed by atoms with Gasteiger partial charge in [-0.25, -0.2) is 4.79 Å². The van der Waals surface area contributed by atoms with Crippen molar-refractivity contribution in [1.82, 2.24) is 9.78 Å². The monoisotopic (exact) mass is 391 g/mol. The zero-order chi connectivity index (χ0) is 20.5. The van der Waals surface area contributed by atoms with Gasteiger partial charge in [0.05, 0.1) is 19.9 Å². The second-order valence-corrected chi connectivity index (χ2v) is 6.18. The molecule has 29 heavy (non-hydrogen) atoms. The highest BCUT2D eigenvalue weighted by Gasteiger charge is 2.06. The summed E-state index contributed by atoms with van der Waals surface area (Å²) < 4.78 is 11.8. The van der Waals surface area contributed by atoms with Gasteiger partial charge in [0.2, 0.25) is 0 Å². The molecule has 0 saturated heterocycles. The minimum absolute atomic E-state index is 0.381. The van der Waals surface area contributed by atoms with E-state index in [4.69, 9.17) is 9.47 Å². The van der Waals surface area contributed by atoms with E-state index in [-0.39, 0.29) is 6.61 Å². The van der Waals surface area contributed by atoms with E-state index >= 15 is 0 Å². The maximum atomic E-state index is 11.9. The number of hydrogen-bond donors (Lipinski definition) is 1. The number of benzene rings is 2. The Kier molecular flexibility index (Phi) is 6.78. The molecule has 0 radical (unpaired) electrons. The lowest BCUT2D eigenvalue weighted by Crippen LogP contribution is -2.20. The van der Waals surface area contributed by atoms with Crippen LogP contribution in [0.4, 0.5) is 5.69 Å². The number of esters is 1. The molecule has 0 aliphatic heterocycles. The number of amides is 1. The maximum absolute atomic E-state index is 11.9. The Morgan fingerprint density at radius 2 is 1.97 bits per heavy atom. The lowest BCUT2D eigenvalue weighted by molar-refractivity contribution is -0.142. The van der Waals surface area contributed by atoms with E-state index in [2.05, 4.69) is 10.4 Å². The normalized spacial score (nSPS) is 10.7. The third-order valence-corrected chi connectivity index (χ3v) is 3.95. The van der Waals surface area contributed by atoms with Crippen molar-refractivity contribution in [3.05, 3.63) is 84.2 Å². The lowest BCUT2D eigenvalue weighted by atomic mass is 10.2. The largest absolute Gasteiger partial charge is 0.497 e. The minimum Gasteiger partial charge on any atom is -0.497 e. The van der Waals surface area contributed by atoms with Crippen LogP contribution in [0.15, 0.2) is 73.1 Å². The molecule has 2 aromatic carbocycles. The fourth-order valence-electron chi connectivity index (χ4n) is 2.57. The van der Waals surface area contributed by atoms with Crippen LogP contribution in [0.25, 0.3) is 6.08 Å². The van der Waals surface area contributed by atoms with Crippen LogP contribution in [-0.2, 0) is 20.9 Å². The van der Waals surface area contributed by atoms with Crippen LogP contribution in [-0.4, -0.2) is 35.4 Å². The summed E-state index contributed by atoms with van der Waals surface area (Å²) in [5.74, 6) is -0.423. The molecule has 0 aliphatic carbocycles. The van der Waals surface area contributed by atoms with Crippen molar-refractivity contribution in [3.63, 3.8) is 0 Å². The number of hydrogen-bond acceptors (Lipinski definition) is 5. The molecule has 3 aromatic rings. The molecule has 0 atom stereocenters. The van der Waals surface area contributed by atoms with E-state index in [1.165, 1.54) is 6.08 Å². The number of carbonyl (C=O) groups is 2. The molecule has 0 spiro atoms. The molecule has 0 fully saturated rings. The molecule has 1 heterocycles. The van der Waals surface area contributed by atoms with E-state index in [0.717, 1.165) is 11.1 Å². The van der Waals surface area contributed by atoms with Crippen molar-refractivity contribution in [3.8, 4) is 5.75 Å². The molecular formula is C22H21N3O4. The van der Waals surface area contributed by atoms with Gasteiger partial charge in [0, 0.05) is 29.6 Å². The number of anilines is 1. The third-order valence-electron chi connectivity index (χ3n) is 3.95. The second kappa shape index (κ2) is 9.89. The van der Waals surface area contributed by atoms with E-state index in [9.17, 15) is 9.59 Å². The number of nitrogens with one attached hydrogen (secondary N) is 1. The highest BCUT2D eigenvalue weighted by molar-refractivity contribution is 5.94. The Labute approximate surface area is 168 Å². The molecule has 0 bridgehead atoms. The summed E-state index contributed by atoms with van der Waals surface area (Å²) in [7, 11) is 1.54. The molecule has 7 heteroatoms. The van der Waals surface area contributed by atoms with Crippen LogP contribution in [0, 0.1) is 0 Å². The highest BCUT2D eigenvalue weighted by Crippen LogP contribution is 2.16. The van der Waals surface area contributed by atoms with Gasteiger partial charge in [-0.05, 0) is 23.8 Å². The zero-order valence-corrected chi connectivity index (χ0v) is 15.9. The first-order chi connectivity index (χ1) is 14.1. The predicted molar refractivity (Wildman–Crippen MR) is 109 cm³/mol. The summed E-state index contributed by atoms with van der Waals surface area (Å²) >= 11 is 0. The third kappa shape index (κ3) is 6.35. The van der Waals surface area contributed by atoms with Crippen molar-refractivity contribution >= 4 is 23.6 Å². The number of rotatable bonds is 8. The number of ether oxygens (including phenoxy) is 2. The summed E-state index contributed by atoms with van der Waals surface area (Å²) in [5, 5.41) is 6.90. The molecule has 148 valence electrons. The zero-order valence-electron chi connectivity index (χ0n) is 15.9. The maximum Gasteiger partial charge on any atom is 0.331 e. The summed E-state index contributed by atoms with van der Waals surface area (Å²) in [6.07, 6.45) is 6.34. The van der Waals surface area contributed by atoms with Crippen LogP contribution in [0.1, 0.15) is 11.1 Å². The van der Waals surface area contributed by atoms with E-state index in [1.54, 1.807) is 48.3 Å². The van der Waals surface area contributed by atoms with Crippen LogP contribution in [0.3, 0.4) is 0 Å². The van der Waals surface area contributed by atoms with Crippen LogP contribution in [0.2, 0.25) is 0 Å². The Morgan fingerprint density at radius 3 is 2.76 bits per heavy atom. The van der Waals surface area contributed by atoms with E-state index in [0.29, 0.717) is 18.0 Å². The summed E-state index contributed by atoms with van der Waals surface area (Å²) in [5.41, 5.74) is 2.46. The summed E-state index contributed by atoms with van der Waals surface area (Å²) in [4.78, 5) is 23.7. The summed E-state index contributed by atoms with van der Waals surface area (Å²) in [6.45, 7) is 0.261. The van der Waals surface area contributed by atoms with Crippen molar-refractivity contribution in [2.75, 3.05) is 19.0 Å². The Balaban J connectivity index is 1.45. The number of aromatic nitrogens is 2. The van der Waals surface area contributed by atoms with Gasteiger partial charge in [-0.1, -0.05) is 36.4 Å². The number of methoxy groups -OCH3 is 1. The first-order valence-electron chi connectivity index (χ1n) is 8.97. The predicted octanol–water partition coefficient (Wildman–Crippen LogP) is 3.14. The van der Waals surface area contributed by atoms with Gasteiger partial charge in [0.25, 0.3) is 5.91 Å². The van der Waals surface area contributed by atoms with Crippen LogP contribution < -0.4 is 10.1 Å². The smallest absolute Gasteiger partial charge is 0.331 e. The molecule has 1 N–H and O–H groups in total. The Hall–Kier alpha value is -3.87. The molecular weight excluding hydrogens is 370 g/mol. The van der Waals surface area contributed by atoms with Gasteiger partial charge in [-0.15, -0.1) is 0 Å². The topological polar surface area (TPSA) is 82.4 Å². The average molecular weight is 391 g/mol. The molecule has 1 aromatic heterocycles.